The Hall–Kier alpha value is -2.64. The third-order valence-electron chi connectivity index (χ3n) is 5.73. The molecule has 6 nitrogen and oxygen atoms in total. The second-order valence-electron chi connectivity index (χ2n) is 8.22. The summed E-state index contributed by atoms with van der Waals surface area (Å²) < 4.78 is 26.0. The number of rotatable bonds is 9. The average Bonchev–Trinajstić information content (AvgIpc) is 2.78. The van der Waals surface area contributed by atoms with Crippen molar-refractivity contribution in [2.75, 3.05) is 49.8 Å². The highest BCUT2D eigenvalue weighted by Crippen LogP contribution is 2.22. The van der Waals surface area contributed by atoms with Gasteiger partial charge in [0.2, 0.25) is 15.9 Å². The van der Waals surface area contributed by atoms with E-state index in [0.29, 0.717) is 38.2 Å². The van der Waals surface area contributed by atoms with Gasteiger partial charge in [-0.25, -0.2) is 8.42 Å². The standard InChI is InChI=1S/C25H33N3O3S/c1-22-10-6-7-14-24(22)28(32(2,30)31)17-9-15-25(29)27-20-18-26(19-21-27)16-8-13-23-11-4-3-5-12-23/h3-8,10-14H,9,15-21H2,1-2H3/b13-8+. The fourth-order valence-corrected chi connectivity index (χ4v) is 4.94. The summed E-state index contributed by atoms with van der Waals surface area (Å²) in [6.45, 7) is 6.20. The summed E-state index contributed by atoms with van der Waals surface area (Å²) in [5.41, 5.74) is 2.77. The fourth-order valence-electron chi connectivity index (χ4n) is 3.92. The highest BCUT2D eigenvalue weighted by atomic mass is 32.2. The van der Waals surface area contributed by atoms with Crippen molar-refractivity contribution in [1.29, 1.82) is 0 Å². The van der Waals surface area contributed by atoms with Crippen molar-refractivity contribution in [2.24, 2.45) is 0 Å². The molecular weight excluding hydrogens is 422 g/mol. The van der Waals surface area contributed by atoms with Gasteiger partial charge in [-0.2, -0.15) is 0 Å². The maximum absolute atomic E-state index is 12.7. The lowest BCUT2D eigenvalue weighted by molar-refractivity contribution is -0.132. The Morgan fingerprint density at radius 2 is 1.66 bits per heavy atom. The molecule has 0 bridgehead atoms. The number of amides is 1. The van der Waals surface area contributed by atoms with Crippen LogP contribution in [0.3, 0.4) is 0 Å². The van der Waals surface area contributed by atoms with Gasteiger partial charge in [0.05, 0.1) is 11.9 Å². The number of carbonyl (C=O) groups is 1. The van der Waals surface area contributed by atoms with Crippen LogP contribution in [-0.4, -0.2) is 69.6 Å². The summed E-state index contributed by atoms with van der Waals surface area (Å²) in [6.07, 6.45) is 6.36. The van der Waals surface area contributed by atoms with Crippen molar-refractivity contribution < 1.29 is 13.2 Å². The van der Waals surface area contributed by atoms with E-state index in [1.54, 1.807) is 0 Å². The predicted molar refractivity (Wildman–Crippen MR) is 131 cm³/mol. The SMILES string of the molecule is Cc1ccccc1N(CCCC(=O)N1CCN(C/C=C/c2ccccc2)CC1)S(C)(=O)=O. The van der Waals surface area contributed by atoms with E-state index in [-0.39, 0.29) is 5.91 Å². The zero-order valence-corrected chi connectivity index (χ0v) is 19.8. The third kappa shape index (κ3) is 6.93. The predicted octanol–water partition coefficient (Wildman–Crippen LogP) is 3.40. The largest absolute Gasteiger partial charge is 0.340 e. The molecule has 0 aliphatic carbocycles. The second-order valence-corrected chi connectivity index (χ2v) is 10.1. The van der Waals surface area contributed by atoms with Gasteiger partial charge >= 0.3 is 0 Å². The van der Waals surface area contributed by atoms with E-state index in [4.69, 9.17) is 0 Å². The summed E-state index contributed by atoms with van der Waals surface area (Å²) in [5.74, 6) is 0.0997. The molecule has 172 valence electrons. The van der Waals surface area contributed by atoms with Gasteiger partial charge in [0.1, 0.15) is 0 Å². The van der Waals surface area contributed by atoms with E-state index in [1.165, 1.54) is 16.1 Å². The minimum atomic E-state index is -3.40. The minimum Gasteiger partial charge on any atom is -0.340 e. The first-order valence-corrected chi connectivity index (χ1v) is 12.9. The molecule has 3 rings (SSSR count). The third-order valence-corrected chi connectivity index (χ3v) is 6.91. The lowest BCUT2D eigenvalue weighted by atomic mass is 10.2. The maximum atomic E-state index is 12.7. The number of carbonyl (C=O) groups excluding carboxylic acids is 1. The molecule has 0 aromatic heterocycles. The van der Waals surface area contributed by atoms with Crippen molar-refractivity contribution in [2.45, 2.75) is 19.8 Å². The van der Waals surface area contributed by atoms with Gasteiger partial charge in [-0.1, -0.05) is 60.7 Å². The first-order valence-electron chi connectivity index (χ1n) is 11.1. The molecule has 7 heteroatoms. The number of para-hydroxylation sites is 1. The van der Waals surface area contributed by atoms with Crippen LogP contribution in [0.25, 0.3) is 6.08 Å². The molecule has 2 aromatic carbocycles. The number of hydrogen-bond acceptors (Lipinski definition) is 4. The van der Waals surface area contributed by atoms with Crippen molar-refractivity contribution in [3.63, 3.8) is 0 Å². The zero-order chi connectivity index (χ0) is 23.0. The number of piperazine rings is 1. The molecule has 1 saturated heterocycles. The molecule has 1 heterocycles. The molecule has 1 aliphatic rings. The second kappa shape index (κ2) is 11.3. The summed E-state index contributed by atoms with van der Waals surface area (Å²) in [7, 11) is -3.40. The molecule has 0 unspecified atom stereocenters. The molecule has 1 aliphatic heterocycles. The lowest BCUT2D eigenvalue weighted by Crippen LogP contribution is -2.48. The van der Waals surface area contributed by atoms with Crippen LogP contribution in [-0.2, 0) is 14.8 Å². The van der Waals surface area contributed by atoms with Gasteiger partial charge in [0.25, 0.3) is 0 Å². The monoisotopic (exact) mass is 455 g/mol. The highest BCUT2D eigenvalue weighted by Gasteiger charge is 2.22. The van der Waals surface area contributed by atoms with Crippen LogP contribution >= 0.6 is 0 Å². The van der Waals surface area contributed by atoms with E-state index < -0.39 is 10.0 Å². The van der Waals surface area contributed by atoms with Crippen molar-refractivity contribution in [3.8, 4) is 0 Å². The molecule has 0 spiro atoms. The molecule has 0 saturated carbocycles. The summed E-state index contributed by atoms with van der Waals surface area (Å²) in [4.78, 5) is 16.9. The van der Waals surface area contributed by atoms with Crippen molar-refractivity contribution in [1.82, 2.24) is 9.80 Å². The maximum Gasteiger partial charge on any atom is 0.232 e. The van der Waals surface area contributed by atoms with Crippen molar-refractivity contribution in [3.05, 3.63) is 71.8 Å². The van der Waals surface area contributed by atoms with Gasteiger partial charge in [-0.15, -0.1) is 0 Å². The highest BCUT2D eigenvalue weighted by molar-refractivity contribution is 7.92. The van der Waals surface area contributed by atoms with Crippen LogP contribution < -0.4 is 4.31 Å². The van der Waals surface area contributed by atoms with Crippen LogP contribution in [0.1, 0.15) is 24.0 Å². The number of nitrogens with zero attached hydrogens (tertiary/aromatic N) is 3. The van der Waals surface area contributed by atoms with Gasteiger partial charge in [-0.3, -0.25) is 14.0 Å². The van der Waals surface area contributed by atoms with Gasteiger partial charge < -0.3 is 4.90 Å². The smallest absolute Gasteiger partial charge is 0.232 e. The quantitative estimate of drug-likeness (QED) is 0.582. The Balaban J connectivity index is 1.43. The van der Waals surface area contributed by atoms with Crippen LogP contribution in [0, 0.1) is 6.92 Å². The first-order chi connectivity index (χ1) is 15.3. The molecule has 0 atom stereocenters. The molecule has 32 heavy (non-hydrogen) atoms. The Morgan fingerprint density at radius 1 is 1.00 bits per heavy atom. The number of anilines is 1. The topological polar surface area (TPSA) is 60.9 Å². The Kier molecular flexibility index (Phi) is 8.47. The lowest BCUT2D eigenvalue weighted by Gasteiger charge is -2.34. The summed E-state index contributed by atoms with van der Waals surface area (Å²) >= 11 is 0. The van der Waals surface area contributed by atoms with Gasteiger partial charge in [-0.05, 0) is 30.5 Å². The molecule has 2 aromatic rings. The average molecular weight is 456 g/mol. The molecule has 0 N–H and O–H groups in total. The van der Waals surface area contributed by atoms with E-state index in [1.807, 2.05) is 54.3 Å². The molecular formula is C25H33N3O3S. The zero-order valence-electron chi connectivity index (χ0n) is 19.0. The number of sulfonamides is 1. The molecule has 1 fully saturated rings. The van der Waals surface area contributed by atoms with Crippen LogP contribution in [0.2, 0.25) is 0 Å². The first kappa shape index (κ1) is 24.0. The summed E-state index contributed by atoms with van der Waals surface area (Å²) in [6, 6.07) is 17.7. The van der Waals surface area contributed by atoms with Crippen LogP contribution in [0.4, 0.5) is 5.69 Å². The number of hydrogen-bond donors (Lipinski definition) is 0. The van der Waals surface area contributed by atoms with Gasteiger partial charge in [0, 0.05) is 45.7 Å². The van der Waals surface area contributed by atoms with Crippen LogP contribution in [0.15, 0.2) is 60.7 Å². The number of aryl methyl sites for hydroxylation is 1. The molecule has 1 amide bonds. The Bertz CT molecular complexity index is 1010. The Labute approximate surface area is 192 Å². The summed E-state index contributed by atoms with van der Waals surface area (Å²) in [5, 5.41) is 0. The number of benzene rings is 2. The normalized spacial score (nSPS) is 15.2. The Morgan fingerprint density at radius 3 is 2.31 bits per heavy atom. The van der Waals surface area contributed by atoms with E-state index in [9.17, 15) is 13.2 Å². The minimum absolute atomic E-state index is 0.0997. The van der Waals surface area contributed by atoms with Gasteiger partial charge in [0.15, 0.2) is 0 Å². The van der Waals surface area contributed by atoms with Crippen LogP contribution in [0.5, 0.6) is 0 Å². The van der Waals surface area contributed by atoms with E-state index >= 15 is 0 Å². The molecule has 0 radical (unpaired) electrons. The fraction of sp³-hybridized carbons (Fsp3) is 0.400. The van der Waals surface area contributed by atoms with E-state index in [0.717, 1.165) is 25.2 Å². The van der Waals surface area contributed by atoms with E-state index in [2.05, 4.69) is 29.2 Å². The van der Waals surface area contributed by atoms with Crippen molar-refractivity contribution >= 4 is 27.7 Å².